The fraction of sp³-hybridized carbons (Fsp3) is 0.923. The maximum Gasteiger partial charge on any atom is 0.0967 e. The first kappa shape index (κ1) is 11.9. The normalized spacial score (nSPS) is 26.6. The van der Waals surface area contributed by atoms with Crippen molar-refractivity contribution in [2.75, 3.05) is 19.6 Å². The number of nitrogens with one attached hydrogen (secondary N) is 1. The van der Waals surface area contributed by atoms with Gasteiger partial charge in [-0.1, -0.05) is 13.8 Å². The van der Waals surface area contributed by atoms with Gasteiger partial charge in [0, 0.05) is 19.1 Å². The van der Waals surface area contributed by atoms with Crippen LogP contribution in [-0.4, -0.2) is 36.6 Å². The Morgan fingerprint density at radius 2 is 2.25 bits per heavy atom. The van der Waals surface area contributed by atoms with Crippen molar-refractivity contribution in [3.8, 4) is 6.07 Å². The lowest BCUT2D eigenvalue weighted by Crippen LogP contribution is -2.34. The molecular weight excluding hydrogens is 198 g/mol. The minimum absolute atomic E-state index is 0.0659. The van der Waals surface area contributed by atoms with Gasteiger partial charge >= 0.3 is 0 Å². The molecule has 1 aliphatic heterocycles. The minimum Gasteiger partial charge on any atom is -0.303 e. The van der Waals surface area contributed by atoms with E-state index in [1.54, 1.807) is 0 Å². The second kappa shape index (κ2) is 4.73. The van der Waals surface area contributed by atoms with Crippen LogP contribution in [0.4, 0.5) is 0 Å². The third-order valence-corrected chi connectivity index (χ3v) is 3.66. The first-order valence-electron chi connectivity index (χ1n) is 6.47. The summed E-state index contributed by atoms with van der Waals surface area (Å²) in [6, 6.07) is 3.08. The Morgan fingerprint density at radius 3 is 2.75 bits per heavy atom. The predicted octanol–water partition coefficient (Wildman–Crippen LogP) is 1.75. The fourth-order valence-corrected chi connectivity index (χ4v) is 2.45. The lowest BCUT2D eigenvalue weighted by molar-refractivity contribution is 0.280. The number of hydrogen-bond acceptors (Lipinski definition) is 3. The highest BCUT2D eigenvalue weighted by molar-refractivity contribution is 4.96. The molecule has 3 nitrogen and oxygen atoms in total. The molecule has 90 valence electrons. The molecule has 2 aliphatic rings. The maximum atomic E-state index is 9.05. The SMILES string of the molecule is CC1(C)CCN(CCC(C#N)NC2CC2)C1. The van der Waals surface area contributed by atoms with Crippen LogP contribution in [0.1, 0.15) is 39.5 Å². The smallest absolute Gasteiger partial charge is 0.0967 e. The summed E-state index contributed by atoms with van der Waals surface area (Å²) in [4.78, 5) is 2.50. The van der Waals surface area contributed by atoms with E-state index < -0.39 is 0 Å². The van der Waals surface area contributed by atoms with Gasteiger partial charge in [0.15, 0.2) is 0 Å². The van der Waals surface area contributed by atoms with Crippen molar-refractivity contribution in [3.63, 3.8) is 0 Å². The Bertz CT molecular complexity index is 275. The number of rotatable bonds is 5. The maximum absolute atomic E-state index is 9.05. The van der Waals surface area contributed by atoms with Crippen LogP contribution in [0.25, 0.3) is 0 Å². The van der Waals surface area contributed by atoms with Gasteiger partial charge in [-0.3, -0.25) is 5.32 Å². The monoisotopic (exact) mass is 221 g/mol. The molecule has 1 unspecified atom stereocenters. The third-order valence-electron chi connectivity index (χ3n) is 3.66. The summed E-state index contributed by atoms with van der Waals surface area (Å²) in [6.07, 6.45) is 4.78. The van der Waals surface area contributed by atoms with Crippen LogP contribution in [0.3, 0.4) is 0 Å². The summed E-state index contributed by atoms with van der Waals surface area (Å²) in [5.74, 6) is 0. The molecule has 1 aliphatic carbocycles. The molecule has 0 aromatic rings. The highest BCUT2D eigenvalue weighted by Crippen LogP contribution is 2.28. The van der Waals surface area contributed by atoms with Crippen molar-refractivity contribution >= 4 is 0 Å². The van der Waals surface area contributed by atoms with Gasteiger partial charge in [0.2, 0.25) is 0 Å². The summed E-state index contributed by atoms with van der Waals surface area (Å²) in [7, 11) is 0. The molecule has 3 heteroatoms. The lowest BCUT2D eigenvalue weighted by atomic mass is 9.93. The van der Waals surface area contributed by atoms with E-state index in [9.17, 15) is 0 Å². The Kier molecular flexibility index (Phi) is 3.51. The zero-order valence-electron chi connectivity index (χ0n) is 10.5. The van der Waals surface area contributed by atoms with Crippen LogP contribution in [0, 0.1) is 16.7 Å². The summed E-state index contributed by atoms with van der Waals surface area (Å²) in [5.41, 5.74) is 0.478. The van der Waals surface area contributed by atoms with Crippen molar-refractivity contribution in [2.24, 2.45) is 5.41 Å². The highest BCUT2D eigenvalue weighted by Gasteiger charge is 2.30. The van der Waals surface area contributed by atoms with Gasteiger partial charge in [0.1, 0.15) is 0 Å². The molecule has 16 heavy (non-hydrogen) atoms. The van der Waals surface area contributed by atoms with Gasteiger partial charge in [-0.2, -0.15) is 5.26 Å². The second-order valence-corrected chi connectivity index (χ2v) is 6.10. The zero-order chi connectivity index (χ0) is 11.6. The molecule has 1 saturated carbocycles. The van der Waals surface area contributed by atoms with E-state index in [1.807, 2.05) is 0 Å². The Labute approximate surface area is 98.8 Å². The van der Waals surface area contributed by atoms with Gasteiger partial charge in [-0.15, -0.1) is 0 Å². The zero-order valence-corrected chi connectivity index (χ0v) is 10.5. The fourth-order valence-electron chi connectivity index (χ4n) is 2.45. The van der Waals surface area contributed by atoms with E-state index in [4.69, 9.17) is 5.26 Å². The molecule has 1 atom stereocenters. The first-order valence-corrected chi connectivity index (χ1v) is 6.47. The van der Waals surface area contributed by atoms with Crippen molar-refractivity contribution in [1.82, 2.24) is 10.2 Å². The average molecular weight is 221 g/mol. The van der Waals surface area contributed by atoms with Gasteiger partial charge in [0.25, 0.3) is 0 Å². The average Bonchev–Trinajstić information content (AvgIpc) is 2.97. The van der Waals surface area contributed by atoms with Crippen LogP contribution < -0.4 is 5.32 Å². The standard InChI is InChI=1S/C13H23N3/c1-13(2)6-8-16(10-13)7-5-12(9-14)15-11-3-4-11/h11-12,15H,3-8,10H2,1-2H3. The van der Waals surface area contributed by atoms with Crippen molar-refractivity contribution in [1.29, 1.82) is 5.26 Å². The largest absolute Gasteiger partial charge is 0.303 e. The molecule has 1 heterocycles. The summed E-state index contributed by atoms with van der Waals surface area (Å²) >= 11 is 0. The van der Waals surface area contributed by atoms with Crippen LogP contribution in [0.5, 0.6) is 0 Å². The van der Waals surface area contributed by atoms with Gasteiger partial charge in [-0.05, 0) is 37.6 Å². The molecule has 0 aromatic heterocycles. The number of nitrogens with zero attached hydrogens (tertiary/aromatic N) is 2. The molecule has 0 amide bonds. The molecule has 2 fully saturated rings. The summed E-state index contributed by atoms with van der Waals surface area (Å²) < 4.78 is 0. The number of nitriles is 1. The predicted molar refractivity (Wildman–Crippen MR) is 65.0 cm³/mol. The molecular formula is C13H23N3. The quantitative estimate of drug-likeness (QED) is 0.769. The van der Waals surface area contributed by atoms with Crippen LogP contribution in [0.15, 0.2) is 0 Å². The molecule has 0 radical (unpaired) electrons. The Morgan fingerprint density at radius 1 is 1.50 bits per heavy atom. The van der Waals surface area contributed by atoms with E-state index in [0.29, 0.717) is 11.5 Å². The molecule has 0 aromatic carbocycles. The first-order chi connectivity index (χ1) is 7.59. The molecule has 2 rings (SSSR count). The van der Waals surface area contributed by atoms with E-state index in [2.05, 4.69) is 30.1 Å². The van der Waals surface area contributed by atoms with E-state index in [0.717, 1.165) is 13.0 Å². The summed E-state index contributed by atoms with van der Waals surface area (Å²) in [5, 5.41) is 12.4. The summed E-state index contributed by atoms with van der Waals surface area (Å²) in [6.45, 7) is 8.12. The number of hydrogen-bond donors (Lipinski definition) is 1. The van der Waals surface area contributed by atoms with Gasteiger partial charge < -0.3 is 4.90 Å². The molecule has 1 saturated heterocycles. The Hall–Kier alpha value is -0.590. The van der Waals surface area contributed by atoms with E-state index in [-0.39, 0.29) is 6.04 Å². The van der Waals surface area contributed by atoms with Crippen LogP contribution in [-0.2, 0) is 0 Å². The van der Waals surface area contributed by atoms with Crippen molar-refractivity contribution < 1.29 is 0 Å². The molecule has 1 N–H and O–H groups in total. The van der Waals surface area contributed by atoms with Gasteiger partial charge in [-0.25, -0.2) is 0 Å². The third kappa shape index (κ3) is 3.47. The van der Waals surface area contributed by atoms with Gasteiger partial charge in [0.05, 0.1) is 12.1 Å². The van der Waals surface area contributed by atoms with E-state index >= 15 is 0 Å². The van der Waals surface area contributed by atoms with E-state index in [1.165, 1.54) is 32.4 Å². The van der Waals surface area contributed by atoms with Crippen molar-refractivity contribution in [3.05, 3.63) is 0 Å². The Balaban J connectivity index is 1.68. The number of likely N-dealkylation sites (tertiary alicyclic amines) is 1. The van der Waals surface area contributed by atoms with Crippen LogP contribution >= 0.6 is 0 Å². The second-order valence-electron chi connectivity index (χ2n) is 6.10. The van der Waals surface area contributed by atoms with Crippen LogP contribution in [0.2, 0.25) is 0 Å². The highest BCUT2D eigenvalue weighted by atomic mass is 15.2. The molecule has 0 bridgehead atoms. The topological polar surface area (TPSA) is 39.1 Å². The minimum atomic E-state index is 0.0659. The lowest BCUT2D eigenvalue weighted by Gasteiger charge is -2.20. The molecule has 0 spiro atoms. The van der Waals surface area contributed by atoms with Crippen molar-refractivity contribution in [2.45, 2.75) is 51.6 Å².